The molecular weight excluding hydrogens is 190 g/mol. The fourth-order valence-electron chi connectivity index (χ4n) is 1.24. The first-order chi connectivity index (χ1) is 7.42. The molecule has 0 aliphatic carbocycles. The number of nitrogens with one attached hydrogen (secondary N) is 1. The van der Waals surface area contributed by atoms with Crippen molar-refractivity contribution in [3.05, 3.63) is 47.0 Å². The first kappa shape index (κ1) is 9.49. The molecule has 0 spiro atoms. The summed E-state index contributed by atoms with van der Waals surface area (Å²) in [6.07, 6.45) is 0. The number of hydrogen-bond donors (Lipinski definition) is 1. The Hall–Kier alpha value is -2.06. The van der Waals surface area contributed by atoms with Crippen molar-refractivity contribution in [1.29, 1.82) is 0 Å². The van der Waals surface area contributed by atoms with Crippen LogP contribution in [-0.4, -0.2) is 18.3 Å². The summed E-state index contributed by atoms with van der Waals surface area (Å²) in [6.45, 7) is 2.47. The minimum atomic E-state index is 0.571. The van der Waals surface area contributed by atoms with Gasteiger partial charge in [-0.15, -0.1) is 0 Å². The van der Waals surface area contributed by atoms with E-state index in [1.165, 1.54) is 0 Å². The molecule has 1 N–H and O–H groups in total. The number of hydrazone groups is 1. The Morgan fingerprint density at radius 1 is 1.40 bits per heavy atom. The molecule has 0 aromatic heterocycles. The Labute approximate surface area is 88.0 Å². The van der Waals surface area contributed by atoms with Gasteiger partial charge in [0.15, 0.2) is 0 Å². The summed E-state index contributed by atoms with van der Waals surface area (Å²) in [5, 5.41) is 4.06. The predicted molar refractivity (Wildman–Crippen MR) is 59.2 cm³/mol. The second-order valence-corrected chi connectivity index (χ2v) is 2.92. The zero-order valence-electron chi connectivity index (χ0n) is 8.40. The molecule has 0 fully saturated rings. The Kier molecular flexibility index (Phi) is 2.81. The van der Waals surface area contributed by atoms with Crippen molar-refractivity contribution in [2.24, 2.45) is 5.10 Å². The standard InChI is InChI=1S/C11H11N3O/c1-2-15-8-10-11(13-14-12-10)9-6-4-3-5-7-9/h3-7,14H,2H2,1H3. The van der Waals surface area contributed by atoms with Crippen molar-refractivity contribution in [3.8, 4) is 0 Å². The van der Waals surface area contributed by atoms with Gasteiger partial charge in [0, 0.05) is 12.5 Å². The third-order valence-electron chi connectivity index (χ3n) is 1.91. The maximum absolute atomic E-state index is 5.07. The van der Waals surface area contributed by atoms with Gasteiger partial charge in [-0.2, -0.15) is 5.10 Å². The number of rotatable bonds is 2. The van der Waals surface area contributed by atoms with E-state index in [0.29, 0.717) is 12.3 Å². The lowest BCUT2D eigenvalue weighted by Crippen LogP contribution is -2.00. The number of nitrogens with zero attached hydrogens (tertiary/aromatic N) is 2. The molecule has 0 unspecified atom stereocenters. The van der Waals surface area contributed by atoms with E-state index in [1.54, 1.807) is 0 Å². The van der Waals surface area contributed by atoms with Gasteiger partial charge >= 0.3 is 5.94 Å². The second kappa shape index (κ2) is 4.44. The molecular formula is C11H11N3O. The van der Waals surface area contributed by atoms with Crippen LogP contribution in [0.3, 0.4) is 0 Å². The van der Waals surface area contributed by atoms with Gasteiger partial charge in [-0.1, -0.05) is 30.3 Å². The molecule has 4 nitrogen and oxygen atoms in total. The van der Waals surface area contributed by atoms with E-state index in [2.05, 4.69) is 22.0 Å². The Balaban J connectivity index is 2.34. The highest BCUT2D eigenvalue weighted by molar-refractivity contribution is 6.19. The van der Waals surface area contributed by atoms with E-state index >= 15 is 0 Å². The maximum Gasteiger partial charge on any atom is 0.332 e. The quantitative estimate of drug-likeness (QED) is 0.572. The highest BCUT2D eigenvalue weighted by Crippen LogP contribution is 2.15. The van der Waals surface area contributed by atoms with Gasteiger partial charge in [0.1, 0.15) is 0 Å². The summed E-state index contributed by atoms with van der Waals surface area (Å²) in [7, 11) is 0. The molecule has 1 aromatic carbocycles. The fourth-order valence-corrected chi connectivity index (χ4v) is 1.24. The van der Waals surface area contributed by atoms with Gasteiger partial charge in [0.2, 0.25) is 0 Å². The Morgan fingerprint density at radius 2 is 2.20 bits per heavy atom. The van der Waals surface area contributed by atoms with Crippen LogP contribution in [0.25, 0.3) is 5.43 Å². The molecule has 4 heteroatoms. The van der Waals surface area contributed by atoms with Crippen molar-refractivity contribution in [3.63, 3.8) is 0 Å². The lowest BCUT2D eigenvalue weighted by Gasteiger charge is -2.07. The number of hydrogen-bond acceptors (Lipinski definition) is 2. The lowest BCUT2D eigenvalue weighted by atomic mass is 10.1. The van der Waals surface area contributed by atoms with E-state index in [1.807, 2.05) is 37.3 Å². The zero-order chi connectivity index (χ0) is 10.5. The summed E-state index contributed by atoms with van der Waals surface area (Å²) in [4.78, 5) is 0. The highest BCUT2D eigenvalue weighted by atomic mass is 16.4. The van der Waals surface area contributed by atoms with Gasteiger partial charge < -0.3 is 11.0 Å². The van der Waals surface area contributed by atoms with Crippen molar-refractivity contribution in [1.82, 2.24) is 5.53 Å². The first-order valence-corrected chi connectivity index (χ1v) is 4.76. The van der Waals surface area contributed by atoms with Gasteiger partial charge in [-0.3, -0.25) is 0 Å². The fraction of sp³-hybridized carbons (Fsp3) is 0.182. The van der Waals surface area contributed by atoms with Gasteiger partial charge in [0.25, 0.3) is 6.61 Å². The monoisotopic (exact) mass is 201 g/mol. The SMILES string of the molecule is CC[O+]=C=C1[N-]NN=C1c1ccccc1. The zero-order valence-corrected chi connectivity index (χ0v) is 8.40. The number of benzene rings is 1. The molecule has 0 radical (unpaired) electrons. The van der Waals surface area contributed by atoms with Gasteiger partial charge in [-0.25, -0.2) is 4.42 Å². The molecule has 0 saturated carbocycles. The molecule has 76 valence electrons. The summed E-state index contributed by atoms with van der Waals surface area (Å²) in [5.74, 6) is 2.74. The molecule has 1 heterocycles. The third-order valence-corrected chi connectivity index (χ3v) is 1.91. The summed E-state index contributed by atoms with van der Waals surface area (Å²) >= 11 is 0. The predicted octanol–water partition coefficient (Wildman–Crippen LogP) is 1.55. The van der Waals surface area contributed by atoms with Crippen molar-refractivity contribution < 1.29 is 4.42 Å². The lowest BCUT2D eigenvalue weighted by molar-refractivity contribution is 0.127. The highest BCUT2D eigenvalue weighted by Gasteiger charge is 2.09. The van der Waals surface area contributed by atoms with Crippen molar-refractivity contribution in [2.45, 2.75) is 6.92 Å². The van der Waals surface area contributed by atoms with Crippen molar-refractivity contribution >= 4 is 11.7 Å². The topological polar surface area (TPSA) is 49.8 Å². The van der Waals surface area contributed by atoms with Gasteiger partial charge in [-0.05, 0) is 0 Å². The minimum Gasteiger partial charge on any atom is -0.565 e. The smallest absolute Gasteiger partial charge is 0.332 e. The molecule has 15 heavy (non-hydrogen) atoms. The second-order valence-electron chi connectivity index (χ2n) is 2.92. The van der Waals surface area contributed by atoms with Crippen LogP contribution in [-0.2, 0) is 4.42 Å². The number of allylic oxidation sites excluding steroid dienone is 1. The molecule has 1 aromatic rings. The maximum atomic E-state index is 5.07. The van der Waals surface area contributed by atoms with Crippen LogP contribution in [0, 0.1) is 0 Å². The van der Waals surface area contributed by atoms with Crippen molar-refractivity contribution in [2.75, 3.05) is 6.61 Å². The molecule has 1 aliphatic rings. The summed E-state index contributed by atoms with van der Waals surface area (Å²) in [6, 6.07) is 9.80. The van der Waals surface area contributed by atoms with E-state index in [-0.39, 0.29) is 0 Å². The number of carbonyl (C=O) groups excluding carboxylic acids is 1. The van der Waals surface area contributed by atoms with Crippen LogP contribution < -0.4 is 5.53 Å². The molecule has 0 atom stereocenters. The molecule has 2 rings (SSSR count). The van der Waals surface area contributed by atoms with Crippen LogP contribution in [0.1, 0.15) is 12.5 Å². The average Bonchev–Trinajstić information content (AvgIpc) is 2.75. The first-order valence-electron chi connectivity index (χ1n) is 4.76. The Bertz CT molecular complexity index is 430. The average molecular weight is 201 g/mol. The largest absolute Gasteiger partial charge is 0.565 e. The van der Waals surface area contributed by atoms with E-state index < -0.39 is 0 Å². The summed E-state index contributed by atoms with van der Waals surface area (Å²) in [5.41, 5.74) is 8.87. The van der Waals surface area contributed by atoms with Crippen LogP contribution in [0.4, 0.5) is 0 Å². The summed E-state index contributed by atoms with van der Waals surface area (Å²) < 4.78 is 5.07. The van der Waals surface area contributed by atoms with Crippen LogP contribution in [0.2, 0.25) is 0 Å². The molecule has 0 amide bonds. The van der Waals surface area contributed by atoms with Crippen LogP contribution in [0.5, 0.6) is 0 Å². The minimum absolute atomic E-state index is 0.571. The van der Waals surface area contributed by atoms with E-state index in [0.717, 1.165) is 11.3 Å². The van der Waals surface area contributed by atoms with Crippen LogP contribution in [0.15, 0.2) is 41.1 Å². The van der Waals surface area contributed by atoms with E-state index in [9.17, 15) is 0 Å². The van der Waals surface area contributed by atoms with Gasteiger partial charge in [0.05, 0.1) is 11.4 Å². The van der Waals surface area contributed by atoms with E-state index in [4.69, 9.17) is 4.42 Å². The molecule has 0 bridgehead atoms. The third kappa shape index (κ3) is 2.06. The van der Waals surface area contributed by atoms with Crippen LogP contribution >= 0.6 is 0 Å². The normalized spacial score (nSPS) is 13.7. The molecule has 0 saturated heterocycles. The Morgan fingerprint density at radius 3 is 2.93 bits per heavy atom. The molecule has 1 aliphatic heterocycles.